The molecule has 4 nitrogen and oxygen atoms in total. The van der Waals surface area contributed by atoms with Crippen molar-refractivity contribution in [3.8, 4) is 0 Å². The molecule has 1 aliphatic heterocycles. The highest BCUT2D eigenvalue weighted by Crippen LogP contribution is 2.32. The fraction of sp³-hybridized carbons (Fsp3) is 0.929. The molecule has 112 valence electrons. The lowest BCUT2D eigenvalue weighted by atomic mass is 10.0. The van der Waals surface area contributed by atoms with Crippen LogP contribution in [0.4, 0.5) is 0 Å². The third kappa shape index (κ3) is 5.85. The van der Waals surface area contributed by atoms with Crippen LogP contribution in [0.2, 0.25) is 0 Å². The molecule has 0 aromatic heterocycles. The highest BCUT2D eigenvalue weighted by atomic mass is 127. The van der Waals surface area contributed by atoms with E-state index >= 15 is 0 Å². The van der Waals surface area contributed by atoms with Crippen molar-refractivity contribution in [2.45, 2.75) is 70.5 Å². The normalized spacial score (nSPS) is 25.8. The quantitative estimate of drug-likeness (QED) is 0.449. The van der Waals surface area contributed by atoms with E-state index in [0.29, 0.717) is 12.0 Å². The lowest BCUT2D eigenvalue weighted by Gasteiger charge is -2.35. The van der Waals surface area contributed by atoms with Crippen LogP contribution in [0.25, 0.3) is 0 Å². The third-order valence-electron chi connectivity index (χ3n) is 3.66. The van der Waals surface area contributed by atoms with Gasteiger partial charge in [-0.25, -0.2) is 0 Å². The Bertz CT molecular complexity index is 307. The second-order valence-electron chi connectivity index (χ2n) is 6.72. The summed E-state index contributed by atoms with van der Waals surface area (Å²) < 4.78 is 0. The predicted octanol–water partition coefficient (Wildman–Crippen LogP) is 2.32. The van der Waals surface area contributed by atoms with Gasteiger partial charge in [0.1, 0.15) is 0 Å². The number of rotatable bonds is 3. The molecule has 0 amide bonds. The molecule has 2 aliphatic rings. The van der Waals surface area contributed by atoms with Crippen molar-refractivity contribution in [1.82, 2.24) is 10.2 Å². The molecule has 0 spiro atoms. The second kappa shape index (κ2) is 7.11. The van der Waals surface area contributed by atoms with E-state index in [1.165, 1.54) is 38.6 Å². The van der Waals surface area contributed by atoms with Crippen LogP contribution in [-0.4, -0.2) is 41.6 Å². The number of nitrogens with one attached hydrogen (secondary N) is 1. The Kier molecular flexibility index (Phi) is 6.36. The summed E-state index contributed by atoms with van der Waals surface area (Å²) in [4.78, 5) is 7.20. The van der Waals surface area contributed by atoms with E-state index in [9.17, 15) is 0 Å². The standard InChI is InChI=1S/C14H28N4.HI/c1-14(2,3)17-13(15)16-10-12-6-4-5-9-18(12)11-7-8-11;/h11-12H,4-10H2,1-3H3,(H3,15,16,17);1H. The highest BCUT2D eigenvalue weighted by Gasteiger charge is 2.34. The Morgan fingerprint density at radius 1 is 1.26 bits per heavy atom. The van der Waals surface area contributed by atoms with Gasteiger partial charge in [-0.15, -0.1) is 24.0 Å². The molecule has 0 aromatic rings. The maximum atomic E-state index is 5.93. The van der Waals surface area contributed by atoms with E-state index in [2.05, 4.69) is 36.0 Å². The van der Waals surface area contributed by atoms with Crippen molar-refractivity contribution in [1.29, 1.82) is 0 Å². The van der Waals surface area contributed by atoms with Crippen LogP contribution in [0.5, 0.6) is 0 Å². The summed E-state index contributed by atoms with van der Waals surface area (Å²) in [5, 5.41) is 3.23. The molecular weight excluding hydrogens is 351 g/mol. The van der Waals surface area contributed by atoms with Crippen LogP contribution in [0.1, 0.15) is 52.9 Å². The molecular formula is C14H29IN4. The molecule has 1 atom stereocenters. The number of nitrogens with two attached hydrogens (primary N) is 1. The number of likely N-dealkylation sites (tertiary alicyclic amines) is 1. The number of aliphatic imine (C=N–C) groups is 1. The van der Waals surface area contributed by atoms with Gasteiger partial charge in [-0.2, -0.15) is 0 Å². The minimum Gasteiger partial charge on any atom is -0.370 e. The first-order chi connectivity index (χ1) is 8.46. The third-order valence-corrected chi connectivity index (χ3v) is 3.66. The topological polar surface area (TPSA) is 53.6 Å². The number of nitrogens with zero attached hydrogens (tertiary/aromatic N) is 2. The fourth-order valence-electron chi connectivity index (χ4n) is 2.73. The van der Waals surface area contributed by atoms with Gasteiger partial charge in [-0.05, 0) is 53.0 Å². The van der Waals surface area contributed by atoms with Gasteiger partial charge in [0, 0.05) is 17.6 Å². The molecule has 0 radical (unpaired) electrons. The average Bonchev–Trinajstić information content (AvgIpc) is 3.08. The van der Waals surface area contributed by atoms with Crippen LogP contribution in [0.3, 0.4) is 0 Å². The minimum atomic E-state index is -0.00364. The van der Waals surface area contributed by atoms with Gasteiger partial charge in [-0.1, -0.05) is 6.42 Å². The lowest BCUT2D eigenvalue weighted by Crippen LogP contribution is -2.47. The first-order valence-electron chi connectivity index (χ1n) is 7.29. The highest BCUT2D eigenvalue weighted by molar-refractivity contribution is 14.0. The van der Waals surface area contributed by atoms with Crippen molar-refractivity contribution >= 4 is 29.9 Å². The van der Waals surface area contributed by atoms with Crippen molar-refractivity contribution in [3.05, 3.63) is 0 Å². The summed E-state index contributed by atoms with van der Waals surface area (Å²) in [7, 11) is 0. The molecule has 3 N–H and O–H groups in total. The molecule has 1 saturated heterocycles. The molecule has 0 bridgehead atoms. The number of piperidine rings is 1. The second-order valence-corrected chi connectivity index (χ2v) is 6.72. The van der Waals surface area contributed by atoms with Gasteiger partial charge in [-0.3, -0.25) is 9.89 Å². The van der Waals surface area contributed by atoms with Crippen molar-refractivity contribution in [3.63, 3.8) is 0 Å². The zero-order chi connectivity index (χ0) is 13.2. The molecule has 2 rings (SSSR count). The van der Waals surface area contributed by atoms with Crippen molar-refractivity contribution < 1.29 is 0 Å². The number of hydrogen-bond acceptors (Lipinski definition) is 2. The van der Waals surface area contributed by atoms with Gasteiger partial charge in [0.05, 0.1) is 6.54 Å². The monoisotopic (exact) mass is 380 g/mol. The van der Waals surface area contributed by atoms with E-state index in [1.54, 1.807) is 0 Å². The maximum absolute atomic E-state index is 5.93. The summed E-state index contributed by atoms with van der Waals surface area (Å²) in [6.07, 6.45) is 6.75. The Hall–Kier alpha value is -0.0400. The van der Waals surface area contributed by atoms with Crippen molar-refractivity contribution in [2.75, 3.05) is 13.1 Å². The van der Waals surface area contributed by atoms with Crippen molar-refractivity contribution in [2.24, 2.45) is 10.7 Å². The fourth-order valence-corrected chi connectivity index (χ4v) is 2.73. The molecule has 19 heavy (non-hydrogen) atoms. The van der Waals surface area contributed by atoms with Crippen LogP contribution >= 0.6 is 24.0 Å². The van der Waals surface area contributed by atoms with Gasteiger partial charge in [0.25, 0.3) is 0 Å². The maximum Gasteiger partial charge on any atom is 0.189 e. The van der Waals surface area contributed by atoms with Crippen LogP contribution in [0.15, 0.2) is 4.99 Å². The van der Waals surface area contributed by atoms with Gasteiger partial charge in [0.15, 0.2) is 5.96 Å². The molecule has 1 saturated carbocycles. The van der Waals surface area contributed by atoms with E-state index < -0.39 is 0 Å². The summed E-state index contributed by atoms with van der Waals surface area (Å²) in [6, 6.07) is 1.47. The van der Waals surface area contributed by atoms with Crippen LogP contribution < -0.4 is 11.1 Å². The molecule has 0 aromatic carbocycles. The van der Waals surface area contributed by atoms with E-state index in [0.717, 1.165) is 12.6 Å². The Morgan fingerprint density at radius 2 is 1.95 bits per heavy atom. The predicted molar refractivity (Wildman–Crippen MR) is 92.2 cm³/mol. The number of halogens is 1. The zero-order valence-corrected chi connectivity index (χ0v) is 14.8. The summed E-state index contributed by atoms with van der Waals surface area (Å²) in [6.45, 7) is 8.42. The largest absolute Gasteiger partial charge is 0.370 e. The van der Waals surface area contributed by atoms with E-state index in [4.69, 9.17) is 5.73 Å². The first-order valence-corrected chi connectivity index (χ1v) is 7.29. The summed E-state index contributed by atoms with van der Waals surface area (Å²) >= 11 is 0. The Labute approximate surface area is 134 Å². The minimum absolute atomic E-state index is 0. The SMILES string of the molecule is CC(C)(C)NC(N)=NCC1CCCCN1C1CC1.I. The Balaban J connectivity index is 0.00000180. The van der Waals surface area contributed by atoms with Gasteiger partial charge < -0.3 is 11.1 Å². The summed E-state index contributed by atoms with van der Waals surface area (Å²) in [5.74, 6) is 0.587. The smallest absolute Gasteiger partial charge is 0.189 e. The van der Waals surface area contributed by atoms with Gasteiger partial charge >= 0.3 is 0 Å². The zero-order valence-electron chi connectivity index (χ0n) is 12.5. The number of guanidine groups is 1. The van der Waals surface area contributed by atoms with E-state index in [1.807, 2.05) is 0 Å². The van der Waals surface area contributed by atoms with Crippen LogP contribution in [0, 0.1) is 0 Å². The lowest BCUT2D eigenvalue weighted by molar-refractivity contribution is 0.144. The van der Waals surface area contributed by atoms with E-state index in [-0.39, 0.29) is 29.5 Å². The Morgan fingerprint density at radius 3 is 2.53 bits per heavy atom. The molecule has 1 unspecified atom stereocenters. The van der Waals surface area contributed by atoms with Gasteiger partial charge in [0.2, 0.25) is 0 Å². The molecule has 1 aliphatic carbocycles. The van der Waals surface area contributed by atoms with Crippen LogP contribution in [-0.2, 0) is 0 Å². The number of hydrogen-bond donors (Lipinski definition) is 2. The molecule has 5 heteroatoms. The average molecular weight is 380 g/mol. The summed E-state index contributed by atoms with van der Waals surface area (Å²) in [5.41, 5.74) is 5.93. The molecule has 1 heterocycles. The molecule has 2 fully saturated rings. The first kappa shape index (κ1) is 17.0.